The minimum absolute atomic E-state index is 0.239. The molecular formula is C16H16N2O3. The van der Waals surface area contributed by atoms with E-state index >= 15 is 0 Å². The molecule has 0 saturated carbocycles. The molecule has 0 aliphatic rings. The van der Waals surface area contributed by atoms with Gasteiger partial charge in [0.2, 0.25) is 0 Å². The van der Waals surface area contributed by atoms with Gasteiger partial charge in [0.25, 0.3) is 0 Å². The Hall–Kier alpha value is -2.56. The SMILES string of the molecule is CCCc1nc2c(C(=O)O)cccc2n1Cc1ccco1. The van der Waals surface area contributed by atoms with E-state index in [9.17, 15) is 9.90 Å². The maximum atomic E-state index is 11.3. The highest BCUT2D eigenvalue weighted by atomic mass is 16.4. The monoisotopic (exact) mass is 284 g/mol. The number of hydrogen-bond acceptors (Lipinski definition) is 3. The molecule has 0 aliphatic heterocycles. The number of rotatable bonds is 5. The molecule has 3 aromatic rings. The number of furan rings is 1. The van der Waals surface area contributed by atoms with Gasteiger partial charge < -0.3 is 14.1 Å². The van der Waals surface area contributed by atoms with Crippen LogP contribution in [0.3, 0.4) is 0 Å². The first kappa shape index (κ1) is 13.4. The van der Waals surface area contributed by atoms with Crippen molar-refractivity contribution < 1.29 is 14.3 Å². The molecule has 2 heterocycles. The van der Waals surface area contributed by atoms with Gasteiger partial charge in [0.15, 0.2) is 0 Å². The largest absolute Gasteiger partial charge is 0.478 e. The third kappa shape index (κ3) is 2.42. The van der Waals surface area contributed by atoms with Gasteiger partial charge >= 0.3 is 5.97 Å². The normalized spacial score (nSPS) is 11.1. The summed E-state index contributed by atoms with van der Waals surface area (Å²) in [5, 5.41) is 9.30. The summed E-state index contributed by atoms with van der Waals surface area (Å²) in [5.41, 5.74) is 1.61. The average molecular weight is 284 g/mol. The van der Waals surface area contributed by atoms with Gasteiger partial charge in [0, 0.05) is 6.42 Å². The van der Waals surface area contributed by atoms with Crippen molar-refractivity contribution in [2.75, 3.05) is 0 Å². The zero-order chi connectivity index (χ0) is 14.8. The number of benzene rings is 1. The predicted molar refractivity (Wildman–Crippen MR) is 78.5 cm³/mol. The van der Waals surface area contributed by atoms with Crippen molar-refractivity contribution in [2.45, 2.75) is 26.3 Å². The van der Waals surface area contributed by atoms with Crippen molar-refractivity contribution in [1.29, 1.82) is 0 Å². The fraction of sp³-hybridized carbons (Fsp3) is 0.250. The summed E-state index contributed by atoms with van der Waals surface area (Å²) in [6.07, 6.45) is 3.38. The van der Waals surface area contributed by atoms with E-state index in [0.717, 1.165) is 29.9 Å². The zero-order valence-electron chi connectivity index (χ0n) is 11.7. The van der Waals surface area contributed by atoms with Crippen LogP contribution in [0.5, 0.6) is 0 Å². The average Bonchev–Trinajstić information content (AvgIpc) is 3.08. The maximum absolute atomic E-state index is 11.3. The third-order valence-electron chi connectivity index (χ3n) is 3.46. The number of imidazole rings is 1. The summed E-state index contributed by atoms with van der Waals surface area (Å²) in [5.74, 6) is 0.760. The molecule has 108 valence electrons. The van der Waals surface area contributed by atoms with E-state index < -0.39 is 5.97 Å². The first-order chi connectivity index (χ1) is 10.2. The highest BCUT2D eigenvalue weighted by Gasteiger charge is 2.17. The molecule has 0 amide bonds. The van der Waals surface area contributed by atoms with E-state index in [0.29, 0.717) is 12.1 Å². The van der Waals surface area contributed by atoms with Gasteiger partial charge in [-0.15, -0.1) is 0 Å². The van der Waals surface area contributed by atoms with Gasteiger partial charge in [-0.2, -0.15) is 0 Å². The number of aryl methyl sites for hydroxylation is 1. The van der Waals surface area contributed by atoms with Gasteiger partial charge in [-0.3, -0.25) is 0 Å². The second kappa shape index (κ2) is 5.44. The van der Waals surface area contributed by atoms with E-state index in [2.05, 4.69) is 11.9 Å². The fourth-order valence-electron chi connectivity index (χ4n) is 2.52. The zero-order valence-corrected chi connectivity index (χ0v) is 11.7. The summed E-state index contributed by atoms with van der Waals surface area (Å²) in [6, 6.07) is 8.99. The fourth-order valence-corrected chi connectivity index (χ4v) is 2.52. The number of carboxylic acid groups (broad SMARTS) is 1. The van der Waals surface area contributed by atoms with E-state index in [-0.39, 0.29) is 5.56 Å². The lowest BCUT2D eigenvalue weighted by Gasteiger charge is -2.06. The van der Waals surface area contributed by atoms with Crippen LogP contribution in [0, 0.1) is 0 Å². The number of carbonyl (C=O) groups is 1. The van der Waals surface area contributed by atoms with E-state index in [4.69, 9.17) is 4.42 Å². The summed E-state index contributed by atoms with van der Waals surface area (Å²) < 4.78 is 7.43. The third-order valence-corrected chi connectivity index (χ3v) is 3.46. The van der Waals surface area contributed by atoms with E-state index in [1.165, 1.54) is 0 Å². The lowest BCUT2D eigenvalue weighted by atomic mass is 10.2. The molecule has 0 radical (unpaired) electrons. The van der Waals surface area contributed by atoms with Crippen molar-refractivity contribution in [2.24, 2.45) is 0 Å². The Morgan fingerprint density at radius 2 is 2.19 bits per heavy atom. The second-order valence-corrected chi connectivity index (χ2v) is 4.92. The number of para-hydroxylation sites is 1. The highest BCUT2D eigenvalue weighted by Crippen LogP contribution is 2.22. The van der Waals surface area contributed by atoms with Crippen LogP contribution in [-0.4, -0.2) is 20.6 Å². The number of fused-ring (bicyclic) bond motifs is 1. The summed E-state index contributed by atoms with van der Waals surface area (Å²) in [6.45, 7) is 2.64. The molecule has 0 spiro atoms. The smallest absolute Gasteiger partial charge is 0.337 e. The molecule has 1 N–H and O–H groups in total. The minimum atomic E-state index is -0.953. The highest BCUT2D eigenvalue weighted by molar-refractivity contribution is 6.01. The predicted octanol–water partition coefficient (Wildman–Crippen LogP) is 3.33. The van der Waals surface area contributed by atoms with E-state index in [1.54, 1.807) is 18.4 Å². The lowest BCUT2D eigenvalue weighted by molar-refractivity contribution is 0.0699. The Balaban J connectivity index is 2.17. The van der Waals surface area contributed by atoms with Gasteiger partial charge in [-0.05, 0) is 30.7 Å². The van der Waals surface area contributed by atoms with Gasteiger partial charge in [-0.25, -0.2) is 9.78 Å². The van der Waals surface area contributed by atoms with Crippen molar-refractivity contribution in [3.05, 3.63) is 53.7 Å². The quantitative estimate of drug-likeness (QED) is 0.780. The Morgan fingerprint density at radius 3 is 2.86 bits per heavy atom. The Kier molecular flexibility index (Phi) is 3.48. The number of aromatic nitrogens is 2. The molecule has 0 unspecified atom stereocenters. The standard InChI is InChI=1S/C16H16N2O3/c1-2-5-14-17-15-12(16(19)20)7-3-8-13(15)18(14)10-11-6-4-9-21-11/h3-4,6-9H,2,5,10H2,1H3,(H,19,20). The molecular weight excluding hydrogens is 268 g/mol. The first-order valence-electron chi connectivity index (χ1n) is 6.94. The van der Waals surface area contributed by atoms with Crippen LogP contribution < -0.4 is 0 Å². The molecule has 2 aromatic heterocycles. The van der Waals surface area contributed by atoms with Crippen molar-refractivity contribution in [3.63, 3.8) is 0 Å². The van der Waals surface area contributed by atoms with E-state index in [1.807, 2.05) is 22.8 Å². The second-order valence-electron chi connectivity index (χ2n) is 4.92. The Morgan fingerprint density at radius 1 is 1.33 bits per heavy atom. The molecule has 5 heteroatoms. The number of carboxylic acids is 1. The number of aromatic carboxylic acids is 1. The topological polar surface area (TPSA) is 68.3 Å². The Bertz CT molecular complexity index is 772. The summed E-state index contributed by atoms with van der Waals surface area (Å²) in [4.78, 5) is 15.9. The van der Waals surface area contributed by atoms with Crippen LogP contribution >= 0.6 is 0 Å². The van der Waals surface area contributed by atoms with Crippen LogP contribution in [0.4, 0.5) is 0 Å². The van der Waals surface area contributed by atoms with Gasteiger partial charge in [0.1, 0.15) is 17.1 Å². The molecule has 21 heavy (non-hydrogen) atoms. The molecule has 0 saturated heterocycles. The minimum Gasteiger partial charge on any atom is -0.478 e. The Labute approximate surface area is 121 Å². The maximum Gasteiger partial charge on any atom is 0.337 e. The molecule has 0 bridgehead atoms. The number of hydrogen-bond donors (Lipinski definition) is 1. The summed E-state index contributed by atoms with van der Waals surface area (Å²) in [7, 11) is 0. The molecule has 0 atom stereocenters. The van der Waals surface area contributed by atoms with Crippen molar-refractivity contribution in [1.82, 2.24) is 9.55 Å². The first-order valence-corrected chi connectivity index (χ1v) is 6.94. The van der Waals surface area contributed by atoms with Crippen LogP contribution in [0.2, 0.25) is 0 Å². The van der Waals surface area contributed by atoms with Gasteiger partial charge in [-0.1, -0.05) is 13.0 Å². The lowest BCUT2D eigenvalue weighted by Crippen LogP contribution is -2.04. The molecule has 1 aromatic carbocycles. The van der Waals surface area contributed by atoms with Crippen LogP contribution in [0.1, 0.15) is 35.3 Å². The van der Waals surface area contributed by atoms with Crippen LogP contribution in [0.15, 0.2) is 41.0 Å². The van der Waals surface area contributed by atoms with Gasteiger partial charge in [0.05, 0.1) is 23.9 Å². The summed E-state index contributed by atoms with van der Waals surface area (Å²) >= 11 is 0. The molecule has 5 nitrogen and oxygen atoms in total. The van der Waals surface area contributed by atoms with Crippen LogP contribution in [-0.2, 0) is 13.0 Å². The molecule has 3 rings (SSSR count). The van der Waals surface area contributed by atoms with Crippen molar-refractivity contribution in [3.8, 4) is 0 Å². The molecule has 0 aliphatic carbocycles. The molecule has 0 fully saturated rings. The number of nitrogens with zero attached hydrogens (tertiary/aromatic N) is 2. The van der Waals surface area contributed by atoms with Crippen LogP contribution in [0.25, 0.3) is 11.0 Å². The van der Waals surface area contributed by atoms with Crippen molar-refractivity contribution >= 4 is 17.0 Å².